The summed E-state index contributed by atoms with van der Waals surface area (Å²) in [7, 11) is 0. The van der Waals surface area contributed by atoms with E-state index in [1.54, 1.807) is 11.3 Å². The van der Waals surface area contributed by atoms with E-state index in [1.807, 2.05) is 38.1 Å². The summed E-state index contributed by atoms with van der Waals surface area (Å²) in [6.45, 7) is 5.83. The Morgan fingerprint density at radius 2 is 1.73 bits per heavy atom. The molecule has 6 nitrogen and oxygen atoms in total. The second kappa shape index (κ2) is 9.50. The number of nitrogens with zero attached hydrogens (tertiary/aromatic N) is 3. The van der Waals surface area contributed by atoms with E-state index in [-0.39, 0.29) is 0 Å². The van der Waals surface area contributed by atoms with Crippen LogP contribution in [-0.2, 0) is 13.0 Å². The van der Waals surface area contributed by atoms with E-state index in [9.17, 15) is 0 Å². The second-order valence-electron chi connectivity index (χ2n) is 7.61. The van der Waals surface area contributed by atoms with Crippen molar-refractivity contribution in [3.8, 4) is 23.1 Å². The molecule has 5 rings (SSSR count). The number of aromatic nitrogens is 3. The van der Waals surface area contributed by atoms with E-state index in [4.69, 9.17) is 19.0 Å². The van der Waals surface area contributed by atoms with Crippen LogP contribution in [0.4, 0.5) is 0 Å². The molecule has 0 spiro atoms. The lowest BCUT2D eigenvalue weighted by molar-refractivity contribution is 0.287. The third-order valence-electron chi connectivity index (χ3n) is 5.36. The highest BCUT2D eigenvalue weighted by molar-refractivity contribution is 7.17. The summed E-state index contributed by atoms with van der Waals surface area (Å²) in [6.07, 6.45) is 0.545. The van der Waals surface area contributed by atoms with Crippen molar-refractivity contribution in [3.63, 3.8) is 0 Å². The van der Waals surface area contributed by atoms with Gasteiger partial charge in [-0.05, 0) is 54.6 Å². The van der Waals surface area contributed by atoms with Crippen molar-refractivity contribution in [1.29, 1.82) is 0 Å². The highest BCUT2D eigenvalue weighted by Gasteiger charge is 2.18. The van der Waals surface area contributed by atoms with Crippen molar-refractivity contribution in [3.05, 3.63) is 83.0 Å². The standard InChI is InChI=1S/C26H25N3O3S/c1-3-30-22-11-10-19(14-23(22)31-4-2)15-25-27-26(32-28-25)21-16-24-20(12-13-33-24)29(21)17-18-8-6-5-7-9-18/h5-14,16H,3-4,15,17H2,1-2H3. The van der Waals surface area contributed by atoms with E-state index in [1.165, 1.54) is 15.8 Å². The second-order valence-corrected chi connectivity index (χ2v) is 8.56. The van der Waals surface area contributed by atoms with Gasteiger partial charge < -0.3 is 18.6 Å². The lowest BCUT2D eigenvalue weighted by Crippen LogP contribution is -2.01. The van der Waals surface area contributed by atoms with E-state index < -0.39 is 0 Å². The van der Waals surface area contributed by atoms with Crippen LogP contribution in [0.15, 0.2) is 70.6 Å². The van der Waals surface area contributed by atoms with Gasteiger partial charge in [0.25, 0.3) is 5.89 Å². The fourth-order valence-electron chi connectivity index (χ4n) is 3.91. The van der Waals surface area contributed by atoms with E-state index in [2.05, 4.69) is 51.5 Å². The molecule has 0 bridgehead atoms. The van der Waals surface area contributed by atoms with Crippen molar-refractivity contribution >= 4 is 21.6 Å². The molecular weight excluding hydrogens is 434 g/mol. The monoisotopic (exact) mass is 459 g/mol. The first-order chi connectivity index (χ1) is 16.2. The van der Waals surface area contributed by atoms with Crippen molar-refractivity contribution in [2.75, 3.05) is 13.2 Å². The summed E-state index contributed by atoms with van der Waals surface area (Å²) < 4.78 is 20.6. The first-order valence-electron chi connectivity index (χ1n) is 11.1. The van der Waals surface area contributed by atoms with Crippen LogP contribution in [0.2, 0.25) is 0 Å². The third-order valence-corrected chi connectivity index (χ3v) is 6.22. The molecule has 0 saturated carbocycles. The molecule has 0 amide bonds. The molecule has 0 saturated heterocycles. The molecule has 0 unspecified atom stereocenters. The van der Waals surface area contributed by atoms with Crippen molar-refractivity contribution in [1.82, 2.24) is 14.7 Å². The van der Waals surface area contributed by atoms with Crippen LogP contribution in [0.5, 0.6) is 11.5 Å². The smallest absolute Gasteiger partial charge is 0.274 e. The summed E-state index contributed by atoms with van der Waals surface area (Å²) in [6, 6.07) is 20.6. The van der Waals surface area contributed by atoms with Gasteiger partial charge in [-0.2, -0.15) is 4.98 Å². The van der Waals surface area contributed by atoms with Crippen LogP contribution in [-0.4, -0.2) is 27.9 Å². The minimum atomic E-state index is 0.528. The average molecular weight is 460 g/mol. The number of rotatable bonds is 9. The van der Waals surface area contributed by atoms with Crippen LogP contribution in [0.1, 0.15) is 30.8 Å². The SMILES string of the molecule is CCOc1ccc(Cc2noc(-c3cc4sccc4n3Cc3ccccc3)n2)cc1OCC. The van der Waals surface area contributed by atoms with Gasteiger partial charge in [-0.1, -0.05) is 41.6 Å². The Balaban J connectivity index is 1.43. The molecule has 0 aliphatic carbocycles. The first kappa shape index (κ1) is 21.3. The molecule has 0 atom stereocenters. The third kappa shape index (κ3) is 4.50. The summed E-state index contributed by atoms with van der Waals surface area (Å²) in [5, 5.41) is 6.37. The van der Waals surface area contributed by atoms with Gasteiger partial charge in [0.05, 0.1) is 23.4 Å². The molecule has 2 aromatic carbocycles. The minimum absolute atomic E-state index is 0.528. The highest BCUT2D eigenvalue weighted by Crippen LogP contribution is 2.32. The Bertz CT molecular complexity index is 1350. The van der Waals surface area contributed by atoms with E-state index >= 15 is 0 Å². The van der Waals surface area contributed by atoms with Gasteiger partial charge in [0.15, 0.2) is 17.3 Å². The first-order valence-corrected chi connectivity index (χ1v) is 11.9. The molecule has 0 radical (unpaired) electrons. The molecule has 0 fully saturated rings. The zero-order chi connectivity index (χ0) is 22.6. The van der Waals surface area contributed by atoms with E-state index in [0.29, 0.717) is 31.3 Å². The van der Waals surface area contributed by atoms with Crippen LogP contribution < -0.4 is 9.47 Å². The van der Waals surface area contributed by atoms with Crippen molar-refractivity contribution in [2.45, 2.75) is 26.8 Å². The summed E-state index contributed by atoms with van der Waals surface area (Å²) >= 11 is 1.71. The lowest BCUT2D eigenvalue weighted by atomic mass is 10.1. The van der Waals surface area contributed by atoms with Crippen LogP contribution in [0.25, 0.3) is 21.8 Å². The topological polar surface area (TPSA) is 62.3 Å². The number of fused-ring (bicyclic) bond motifs is 1. The van der Waals surface area contributed by atoms with Crippen LogP contribution >= 0.6 is 11.3 Å². The highest BCUT2D eigenvalue weighted by atomic mass is 32.1. The van der Waals surface area contributed by atoms with Gasteiger partial charge in [0, 0.05) is 13.0 Å². The molecule has 168 valence electrons. The van der Waals surface area contributed by atoms with E-state index in [0.717, 1.165) is 29.3 Å². The Morgan fingerprint density at radius 3 is 2.55 bits per heavy atom. The van der Waals surface area contributed by atoms with Gasteiger partial charge in [-0.25, -0.2) is 0 Å². The number of hydrogen-bond acceptors (Lipinski definition) is 6. The molecule has 0 N–H and O–H groups in total. The Hall–Kier alpha value is -3.58. The molecule has 33 heavy (non-hydrogen) atoms. The van der Waals surface area contributed by atoms with Gasteiger partial charge >= 0.3 is 0 Å². The molecule has 3 aromatic heterocycles. The summed E-state index contributed by atoms with van der Waals surface area (Å²) in [4.78, 5) is 4.72. The molecule has 3 heterocycles. The molecule has 7 heteroatoms. The Labute approximate surface area is 196 Å². The maximum absolute atomic E-state index is 5.75. The normalized spacial score (nSPS) is 11.2. The largest absolute Gasteiger partial charge is 0.490 e. The number of hydrogen-bond donors (Lipinski definition) is 0. The Morgan fingerprint density at radius 1 is 0.909 bits per heavy atom. The van der Waals surface area contributed by atoms with Gasteiger partial charge in [-0.15, -0.1) is 11.3 Å². The molecular formula is C26H25N3O3S. The summed E-state index contributed by atoms with van der Waals surface area (Å²) in [5.74, 6) is 2.64. The number of ether oxygens (including phenoxy) is 2. The Kier molecular flexibility index (Phi) is 6.13. The van der Waals surface area contributed by atoms with Crippen molar-refractivity contribution in [2.24, 2.45) is 0 Å². The van der Waals surface area contributed by atoms with Crippen LogP contribution in [0, 0.1) is 0 Å². The lowest BCUT2D eigenvalue weighted by Gasteiger charge is -2.11. The quantitative estimate of drug-likeness (QED) is 0.263. The average Bonchev–Trinajstić information content (AvgIpc) is 3.54. The number of benzene rings is 2. The fourth-order valence-corrected chi connectivity index (χ4v) is 4.73. The predicted octanol–water partition coefficient (Wildman–Crippen LogP) is 6.19. The van der Waals surface area contributed by atoms with Gasteiger partial charge in [-0.3, -0.25) is 0 Å². The van der Waals surface area contributed by atoms with Crippen molar-refractivity contribution < 1.29 is 14.0 Å². The maximum Gasteiger partial charge on any atom is 0.274 e. The van der Waals surface area contributed by atoms with Crippen LogP contribution in [0.3, 0.4) is 0 Å². The minimum Gasteiger partial charge on any atom is -0.490 e. The van der Waals surface area contributed by atoms with Gasteiger partial charge in [0.1, 0.15) is 5.69 Å². The molecule has 0 aliphatic heterocycles. The predicted molar refractivity (Wildman–Crippen MR) is 130 cm³/mol. The summed E-state index contributed by atoms with van der Waals surface area (Å²) in [5.41, 5.74) is 4.36. The molecule has 5 aromatic rings. The number of thiophene rings is 1. The fraction of sp³-hybridized carbons (Fsp3) is 0.231. The van der Waals surface area contributed by atoms with Gasteiger partial charge in [0.2, 0.25) is 0 Å². The maximum atomic E-state index is 5.75. The zero-order valence-corrected chi connectivity index (χ0v) is 19.5. The molecule has 0 aliphatic rings. The zero-order valence-electron chi connectivity index (χ0n) is 18.7.